The normalized spacial score (nSPS) is 11.3. The van der Waals surface area contributed by atoms with Crippen LogP contribution < -0.4 is 0 Å². The molecule has 0 saturated carbocycles. The minimum Gasteiger partial charge on any atom is -0.0916 e. The topological polar surface area (TPSA) is 0 Å². The molecule has 0 unspecified atom stereocenters. The van der Waals surface area contributed by atoms with Crippen LogP contribution in [0.2, 0.25) is 6.04 Å². The smallest absolute Gasteiger partial charge is 0.0275 e. The van der Waals surface area contributed by atoms with Gasteiger partial charge in [-0.3, -0.25) is 0 Å². The summed E-state index contributed by atoms with van der Waals surface area (Å²) in [5.74, 6) is 0.557. The zero-order chi connectivity index (χ0) is 13.3. The molecule has 0 fully saturated rings. The lowest BCUT2D eigenvalue weighted by atomic mass is 9.92. The molecule has 0 N–H and O–H groups in total. The lowest BCUT2D eigenvalue weighted by Crippen LogP contribution is -2.05. The third kappa shape index (κ3) is 4.88. The van der Waals surface area contributed by atoms with Crippen molar-refractivity contribution < 1.29 is 0 Å². The summed E-state index contributed by atoms with van der Waals surface area (Å²) in [5, 5.41) is 0. The van der Waals surface area contributed by atoms with Crippen molar-refractivity contribution in [1.82, 2.24) is 0 Å². The Bertz CT molecular complexity index is 446. The van der Waals surface area contributed by atoms with E-state index >= 15 is 0 Å². The van der Waals surface area contributed by atoms with Crippen molar-refractivity contribution in [3.8, 4) is 0 Å². The van der Waals surface area contributed by atoms with Crippen LogP contribution in [0.25, 0.3) is 0 Å². The van der Waals surface area contributed by atoms with Crippen LogP contribution in [0.4, 0.5) is 0 Å². The van der Waals surface area contributed by atoms with Crippen molar-refractivity contribution in [3.63, 3.8) is 0 Å². The van der Waals surface area contributed by atoms with Gasteiger partial charge < -0.3 is 0 Å². The molecule has 0 nitrogen and oxygen atoms in total. The first kappa shape index (κ1) is 13.8. The first-order chi connectivity index (χ1) is 9.38. The van der Waals surface area contributed by atoms with Crippen LogP contribution >= 0.6 is 0 Å². The van der Waals surface area contributed by atoms with Crippen molar-refractivity contribution in [2.24, 2.45) is 5.92 Å². The second-order valence-electron chi connectivity index (χ2n) is 4.77. The highest BCUT2D eigenvalue weighted by Crippen LogP contribution is 2.16. The van der Waals surface area contributed by atoms with E-state index in [-0.39, 0.29) is 0 Å². The first-order valence-electron chi connectivity index (χ1n) is 6.77. The van der Waals surface area contributed by atoms with Crippen LogP contribution in [0, 0.1) is 5.92 Å². The molecule has 0 bridgehead atoms. The van der Waals surface area contributed by atoms with Crippen molar-refractivity contribution in [2.75, 3.05) is 0 Å². The Hall–Kier alpha value is -1.60. The number of hydrogen-bond acceptors (Lipinski definition) is 0. The van der Waals surface area contributed by atoms with Gasteiger partial charge in [0.1, 0.15) is 0 Å². The molecule has 0 atom stereocenters. The molecule has 3 radical (unpaired) electrons. The fraction of sp³-hybridized carbons (Fsp3) is 0.222. The van der Waals surface area contributed by atoms with Crippen LogP contribution in [-0.2, 0) is 12.8 Å². The Balaban J connectivity index is 2.06. The predicted octanol–water partition coefficient (Wildman–Crippen LogP) is 4.23. The standard InChI is InChI=1S/C18H19Si/c19-13-7-12-18(14-16-8-3-1-4-9-16)15-17-10-5-2-6-11-17/h1-12,18H,13-15H2. The van der Waals surface area contributed by atoms with Gasteiger partial charge in [-0.25, -0.2) is 0 Å². The molecule has 0 aliphatic rings. The van der Waals surface area contributed by atoms with Gasteiger partial charge in [-0.15, -0.1) is 0 Å². The minimum atomic E-state index is 0.557. The fourth-order valence-corrected chi connectivity index (χ4v) is 2.44. The molecule has 2 aromatic carbocycles. The van der Waals surface area contributed by atoms with Gasteiger partial charge in [-0.2, -0.15) is 0 Å². The summed E-state index contributed by atoms with van der Waals surface area (Å²) in [5.41, 5.74) is 2.81. The molecular formula is C18H19Si. The fourth-order valence-electron chi connectivity index (χ4n) is 2.30. The zero-order valence-electron chi connectivity index (χ0n) is 11.1. The predicted molar refractivity (Wildman–Crippen MR) is 83.5 cm³/mol. The third-order valence-electron chi connectivity index (χ3n) is 3.21. The molecule has 2 aromatic rings. The summed E-state index contributed by atoms with van der Waals surface area (Å²) < 4.78 is 0. The van der Waals surface area contributed by atoms with Gasteiger partial charge in [0.25, 0.3) is 0 Å². The maximum Gasteiger partial charge on any atom is 0.0275 e. The molecular weight excluding hydrogens is 244 g/mol. The Morgan fingerprint density at radius 1 is 0.789 bits per heavy atom. The van der Waals surface area contributed by atoms with Gasteiger partial charge in [0.15, 0.2) is 0 Å². The summed E-state index contributed by atoms with van der Waals surface area (Å²) in [7, 11) is 3.51. The monoisotopic (exact) mass is 263 g/mol. The highest BCUT2D eigenvalue weighted by molar-refractivity contribution is 6.09. The second-order valence-corrected chi connectivity index (χ2v) is 5.18. The van der Waals surface area contributed by atoms with E-state index in [0.717, 1.165) is 18.9 Å². The first-order valence-corrected chi connectivity index (χ1v) is 7.48. The van der Waals surface area contributed by atoms with Gasteiger partial charge in [0.05, 0.1) is 0 Å². The van der Waals surface area contributed by atoms with Gasteiger partial charge in [-0.1, -0.05) is 72.8 Å². The van der Waals surface area contributed by atoms with Crippen LogP contribution in [0.1, 0.15) is 11.1 Å². The summed E-state index contributed by atoms with van der Waals surface area (Å²) in [6.45, 7) is 0. The van der Waals surface area contributed by atoms with E-state index in [0.29, 0.717) is 5.92 Å². The van der Waals surface area contributed by atoms with Crippen molar-refractivity contribution in [1.29, 1.82) is 0 Å². The molecule has 0 saturated heterocycles. The van der Waals surface area contributed by atoms with Gasteiger partial charge in [0.2, 0.25) is 0 Å². The summed E-state index contributed by atoms with van der Waals surface area (Å²) in [6, 6.07) is 22.3. The molecule has 0 aromatic heterocycles. The van der Waals surface area contributed by atoms with Gasteiger partial charge >= 0.3 is 0 Å². The van der Waals surface area contributed by atoms with E-state index < -0.39 is 0 Å². The van der Waals surface area contributed by atoms with Crippen LogP contribution in [0.3, 0.4) is 0 Å². The average molecular weight is 263 g/mol. The summed E-state index contributed by atoms with van der Waals surface area (Å²) in [6.07, 6.45) is 6.72. The average Bonchev–Trinajstić information content (AvgIpc) is 2.47. The lowest BCUT2D eigenvalue weighted by molar-refractivity contribution is 0.643. The Labute approximate surface area is 119 Å². The van der Waals surface area contributed by atoms with Crippen molar-refractivity contribution >= 4 is 10.2 Å². The van der Waals surface area contributed by atoms with Crippen molar-refractivity contribution in [2.45, 2.75) is 18.9 Å². The zero-order valence-corrected chi connectivity index (χ0v) is 12.1. The number of allylic oxidation sites excluding steroid dienone is 2. The quantitative estimate of drug-likeness (QED) is 0.540. The second kappa shape index (κ2) is 7.75. The SMILES string of the molecule is [Si]CC=CC(Cc1ccccc1)Cc1ccccc1. The van der Waals surface area contributed by atoms with E-state index in [1.807, 2.05) is 0 Å². The Morgan fingerprint density at radius 3 is 1.68 bits per heavy atom. The molecule has 0 aliphatic heterocycles. The Kier molecular flexibility index (Phi) is 5.64. The van der Waals surface area contributed by atoms with Crippen molar-refractivity contribution in [3.05, 3.63) is 83.9 Å². The van der Waals surface area contributed by atoms with Crippen LogP contribution in [-0.4, -0.2) is 10.2 Å². The highest BCUT2D eigenvalue weighted by Gasteiger charge is 2.07. The molecule has 1 heteroatoms. The molecule has 0 spiro atoms. The van der Waals surface area contributed by atoms with E-state index in [1.165, 1.54) is 11.1 Å². The molecule has 2 rings (SSSR count). The number of benzene rings is 2. The largest absolute Gasteiger partial charge is 0.0916 e. The molecule has 95 valence electrons. The van der Waals surface area contributed by atoms with Crippen LogP contribution in [0.15, 0.2) is 72.8 Å². The van der Waals surface area contributed by atoms with E-state index in [1.54, 1.807) is 0 Å². The van der Waals surface area contributed by atoms with E-state index in [2.05, 4.69) is 83.1 Å². The summed E-state index contributed by atoms with van der Waals surface area (Å²) >= 11 is 0. The highest BCUT2D eigenvalue weighted by atomic mass is 28.1. The van der Waals surface area contributed by atoms with E-state index in [9.17, 15) is 0 Å². The number of rotatable bonds is 6. The maximum atomic E-state index is 3.51. The molecule has 0 aliphatic carbocycles. The van der Waals surface area contributed by atoms with Crippen LogP contribution in [0.5, 0.6) is 0 Å². The molecule has 0 heterocycles. The summed E-state index contributed by atoms with van der Waals surface area (Å²) in [4.78, 5) is 0. The molecule has 19 heavy (non-hydrogen) atoms. The third-order valence-corrected chi connectivity index (χ3v) is 3.44. The Morgan fingerprint density at radius 2 is 1.26 bits per heavy atom. The lowest BCUT2D eigenvalue weighted by Gasteiger charge is -2.13. The molecule has 0 amide bonds. The number of hydrogen-bond donors (Lipinski definition) is 0. The minimum absolute atomic E-state index is 0.557. The van der Waals surface area contributed by atoms with E-state index in [4.69, 9.17) is 0 Å². The maximum absolute atomic E-state index is 3.51. The van der Waals surface area contributed by atoms with Gasteiger partial charge in [0, 0.05) is 10.2 Å². The van der Waals surface area contributed by atoms with Gasteiger partial charge in [-0.05, 0) is 35.9 Å².